The molecule has 0 amide bonds. The summed E-state index contributed by atoms with van der Waals surface area (Å²) in [6.07, 6.45) is 5.72. The molecule has 0 saturated carbocycles. The topological polar surface area (TPSA) is 49.3 Å². The van der Waals surface area contributed by atoms with Crippen molar-refractivity contribution in [3.05, 3.63) is 59.9 Å². The minimum atomic E-state index is 0. The second-order valence-corrected chi connectivity index (χ2v) is 6.33. The number of nitrogens with zero attached hydrogens (tertiary/aromatic N) is 3. The van der Waals surface area contributed by atoms with Crippen molar-refractivity contribution in [3.8, 4) is 17.2 Å². The first-order valence-electron chi connectivity index (χ1n) is 8.16. The second kappa shape index (κ2) is 6.88. The number of ketones is 1. The summed E-state index contributed by atoms with van der Waals surface area (Å²) in [5, 5.41) is 0. The van der Waals surface area contributed by atoms with Crippen molar-refractivity contribution in [1.29, 1.82) is 0 Å². The summed E-state index contributed by atoms with van der Waals surface area (Å²) >= 11 is 0. The van der Waals surface area contributed by atoms with Crippen LogP contribution in [0.4, 0.5) is 0 Å². The van der Waals surface area contributed by atoms with Crippen LogP contribution in [0.3, 0.4) is 0 Å². The second-order valence-electron chi connectivity index (χ2n) is 6.33. The lowest BCUT2D eigenvalue weighted by Gasteiger charge is -2.10. The molecule has 6 nitrogen and oxygen atoms in total. The summed E-state index contributed by atoms with van der Waals surface area (Å²) in [6.45, 7) is 4.55. The monoisotopic (exact) mass is 373 g/mol. The summed E-state index contributed by atoms with van der Waals surface area (Å²) in [6, 6.07) is 7.78. The van der Waals surface area contributed by atoms with Crippen molar-refractivity contribution >= 4 is 5.78 Å². The summed E-state index contributed by atoms with van der Waals surface area (Å²) < 4.78 is 16.7. The van der Waals surface area contributed by atoms with Crippen LogP contribution >= 0.6 is 0 Å². The van der Waals surface area contributed by atoms with E-state index in [1.807, 2.05) is 73.0 Å². The molecule has 0 radical (unpaired) electrons. The van der Waals surface area contributed by atoms with E-state index >= 15 is 0 Å². The van der Waals surface area contributed by atoms with Crippen LogP contribution in [0.25, 0.3) is 5.69 Å². The molecule has 26 heavy (non-hydrogen) atoms. The summed E-state index contributed by atoms with van der Waals surface area (Å²) in [5.74, 6) is 1.58. The van der Waals surface area contributed by atoms with Gasteiger partial charge in [0.15, 0.2) is 18.0 Å². The highest BCUT2D eigenvalue weighted by atomic mass is 35.5. The van der Waals surface area contributed by atoms with Crippen molar-refractivity contribution < 1.29 is 31.2 Å². The van der Waals surface area contributed by atoms with E-state index in [2.05, 4.69) is 4.57 Å². The van der Waals surface area contributed by atoms with Crippen LogP contribution in [0.5, 0.6) is 11.5 Å². The third-order valence-corrected chi connectivity index (χ3v) is 4.50. The van der Waals surface area contributed by atoms with Gasteiger partial charge in [-0.3, -0.25) is 4.79 Å². The lowest BCUT2D eigenvalue weighted by molar-refractivity contribution is -0.671. The van der Waals surface area contributed by atoms with E-state index in [1.165, 1.54) is 0 Å². The first-order chi connectivity index (χ1) is 12.0. The highest BCUT2D eigenvalue weighted by molar-refractivity contribution is 5.97. The number of fused-ring (bicyclic) bond motifs is 1. The molecule has 0 N–H and O–H groups in total. The van der Waals surface area contributed by atoms with E-state index in [9.17, 15) is 4.79 Å². The molecule has 0 fully saturated rings. The number of carbonyl (C=O) groups excluding carboxylic acids is 1. The van der Waals surface area contributed by atoms with E-state index in [4.69, 9.17) is 9.47 Å². The van der Waals surface area contributed by atoms with Gasteiger partial charge in [0, 0.05) is 28.7 Å². The maximum Gasteiger partial charge on any atom is 0.243 e. The third-order valence-electron chi connectivity index (χ3n) is 4.50. The molecule has 136 valence electrons. The van der Waals surface area contributed by atoms with Crippen molar-refractivity contribution in [2.24, 2.45) is 7.05 Å². The molecule has 7 heteroatoms. The number of hydrogen-bond donors (Lipinski definition) is 0. The Morgan fingerprint density at radius 1 is 1.19 bits per heavy atom. The molecule has 0 unspecified atom stereocenters. The maximum atomic E-state index is 12.7. The molecule has 0 bridgehead atoms. The first-order valence-corrected chi connectivity index (χ1v) is 8.16. The molecule has 0 saturated heterocycles. The van der Waals surface area contributed by atoms with Crippen LogP contribution in [0, 0.1) is 13.8 Å². The molecule has 0 atom stereocenters. The molecule has 1 aromatic carbocycles. The Morgan fingerprint density at radius 3 is 2.69 bits per heavy atom. The Morgan fingerprint density at radius 2 is 1.96 bits per heavy atom. The number of rotatable bonds is 4. The van der Waals surface area contributed by atoms with Gasteiger partial charge in [0.1, 0.15) is 12.4 Å². The number of hydrogen-bond acceptors (Lipinski definition) is 3. The minimum Gasteiger partial charge on any atom is -1.00 e. The van der Waals surface area contributed by atoms with Crippen LogP contribution in [0.2, 0.25) is 0 Å². The average molecular weight is 374 g/mol. The van der Waals surface area contributed by atoms with Gasteiger partial charge in [-0.1, -0.05) is 0 Å². The number of Topliss-reactive ketones (excluding diaryl/α,β-unsaturated/α-hetero) is 1. The van der Waals surface area contributed by atoms with E-state index < -0.39 is 0 Å². The number of ether oxygens (including phenoxy) is 2. The molecule has 3 heterocycles. The van der Waals surface area contributed by atoms with Gasteiger partial charge in [-0.2, -0.15) is 0 Å². The number of benzene rings is 1. The number of halogens is 1. The van der Waals surface area contributed by atoms with Gasteiger partial charge >= 0.3 is 0 Å². The minimum absolute atomic E-state index is 0. The molecule has 0 spiro atoms. The van der Waals surface area contributed by atoms with Gasteiger partial charge in [-0.15, -0.1) is 0 Å². The van der Waals surface area contributed by atoms with Gasteiger partial charge in [-0.05, 0) is 32.0 Å². The van der Waals surface area contributed by atoms with E-state index in [1.54, 1.807) is 0 Å². The Labute approximate surface area is 158 Å². The molecule has 1 aliphatic heterocycles. The van der Waals surface area contributed by atoms with Gasteiger partial charge < -0.3 is 26.4 Å². The van der Waals surface area contributed by atoms with Crippen molar-refractivity contribution in [3.63, 3.8) is 0 Å². The standard InChI is InChI=1S/C19H20N3O3.ClH/c1-13-8-16(17(23)10-21-7-6-20(3)11-21)14(2)22(13)15-4-5-18-19(9-15)25-12-24-18;/h4-9,11H,10,12H2,1-3H3;1H/q+1;/p-1. The molecular weight excluding hydrogens is 354 g/mol. The molecule has 1 aliphatic rings. The van der Waals surface area contributed by atoms with Gasteiger partial charge in [0.2, 0.25) is 18.9 Å². The highest BCUT2D eigenvalue weighted by Gasteiger charge is 2.20. The fraction of sp³-hybridized carbons (Fsp3) is 0.263. The van der Waals surface area contributed by atoms with Crippen molar-refractivity contribution in [2.75, 3.05) is 6.79 Å². The van der Waals surface area contributed by atoms with Crippen LogP contribution in [0.1, 0.15) is 21.7 Å². The van der Waals surface area contributed by atoms with Crippen LogP contribution in [0.15, 0.2) is 43.0 Å². The Bertz CT molecular complexity index is 975. The Balaban J connectivity index is 0.00000196. The highest BCUT2D eigenvalue weighted by Crippen LogP contribution is 2.34. The SMILES string of the molecule is Cc1cc(C(=O)Cn2cc[n+](C)c2)c(C)n1-c1ccc2c(c1)OCO2.[Cl-]. The maximum absolute atomic E-state index is 12.7. The van der Waals surface area contributed by atoms with E-state index in [-0.39, 0.29) is 25.0 Å². The molecule has 4 rings (SSSR count). The molecule has 0 aliphatic carbocycles. The predicted molar refractivity (Wildman–Crippen MR) is 91.3 cm³/mol. The zero-order valence-electron chi connectivity index (χ0n) is 14.9. The smallest absolute Gasteiger partial charge is 0.243 e. The van der Waals surface area contributed by atoms with Gasteiger partial charge in [0.05, 0.1) is 7.05 Å². The van der Waals surface area contributed by atoms with Crippen LogP contribution in [-0.2, 0) is 13.6 Å². The zero-order chi connectivity index (χ0) is 17.6. The summed E-state index contributed by atoms with van der Waals surface area (Å²) in [5.41, 5.74) is 3.65. The number of imidazole rings is 1. The van der Waals surface area contributed by atoms with Gasteiger partial charge in [0.25, 0.3) is 0 Å². The Kier molecular flexibility index (Phi) is 4.78. The first kappa shape index (κ1) is 18.1. The molecular formula is C19H20ClN3O3. The largest absolute Gasteiger partial charge is 1.00 e. The fourth-order valence-electron chi connectivity index (χ4n) is 3.31. The summed E-state index contributed by atoms with van der Waals surface area (Å²) in [4.78, 5) is 12.7. The third kappa shape index (κ3) is 3.08. The number of aryl methyl sites for hydroxylation is 2. The van der Waals surface area contributed by atoms with Gasteiger partial charge in [-0.25, -0.2) is 9.13 Å². The van der Waals surface area contributed by atoms with Crippen LogP contribution in [-0.4, -0.2) is 21.7 Å². The Hall–Kier alpha value is -2.73. The lowest BCUT2D eigenvalue weighted by Crippen LogP contribution is -3.00. The fourth-order valence-corrected chi connectivity index (χ4v) is 3.31. The average Bonchev–Trinajstić information content (AvgIpc) is 3.26. The molecule has 3 aromatic rings. The number of aromatic nitrogens is 3. The predicted octanol–water partition coefficient (Wildman–Crippen LogP) is -0.664. The van der Waals surface area contributed by atoms with E-state index in [0.29, 0.717) is 6.54 Å². The zero-order valence-corrected chi connectivity index (χ0v) is 15.7. The molecule has 2 aromatic heterocycles. The summed E-state index contributed by atoms with van der Waals surface area (Å²) in [7, 11) is 1.94. The quantitative estimate of drug-likeness (QED) is 0.450. The lowest BCUT2D eigenvalue weighted by atomic mass is 10.1. The van der Waals surface area contributed by atoms with Crippen molar-refractivity contribution in [1.82, 2.24) is 9.13 Å². The normalized spacial score (nSPS) is 12.1. The van der Waals surface area contributed by atoms with Crippen molar-refractivity contribution in [2.45, 2.75) is 20.4 Å². The van der Waals surface area contributed by atoms with Crippen LogP contribution < -0.4 is 26.4 Å². The number of carbonyl (C=O) groups is 1. The van der Waals surface area contributed by atoms with E-state index in [0.717, 1.165) is 34.1 Å².